The minimum atomic E-state index is -1.12. The van der Waals surface area contributed by atoms with Crippen LogP contribution in [0.1, 0.15) is 44.9 Å². The summed E-state index contributed by atoms with van der Waals surface area (Å²) in [5, 5.41) is 16.2. The molecular formula is C22H26ClFN4O2. The summed E-state index contributed by atoms with van der Waals surface area (Å²) in [6, 6.07) is 8.46. The predicted octanol–water partition coefficient (Wildman–Crippen LogP) is 3.42. The van der Waals surface area contributed by atoms with Crippen LogP contribution in [-0.4, -0.2) is 47.6 Å². The molecule has 2 atom stereocenters. The molecule has 6 nitrogen and oxygen atoms in total. The number of amides is 2. The number of rotatable bonds is 5. The van der Waals surface area contributed by atoms with Crippen LogP contribution in [0.2, 0.25) is 5.02 Å². The molecule has 0 aromatic heterocycles. The first kappa shape index (κ1) is 21.1. The number of anilines is 1. The molecule has 1 aromatic carbocycles. The molecule has 160 valence electrons. The van der Waals surface area contributed by atoms with E-state index in [0.717, 1.165) is 44.2 Å². The molecule has 1 saturated heterocycles. The van der Waals surface area contributed by atoms with Crippen molar-refractivity contribution in [3.8, 4) is 6.07 Å². The van der Waals surface area contributed by atoms with Gasteiger partial charge in [-0.25, -0.2) is 4.39 Å². The summed E-state index contributed by atoms with van der Waals surface area (Å²) >= 11 is 5.91. The summed E-state index contributed by atoms with van der Waals surface area (Å²) in [7, 11) is 0. The fourth-order valence-corrected chi connectivity index (χ4v) is 5.26. The van der Waals surface area contributed by atoms with Crippen LogP contribution < -0.4 is 10.6 Å². The number of hydrogen-bond donors (Lipinski definition) is 2. The van der Waals surface area contributed by atoms with Gasteiger partial charge >= 0.3 is 0 Å². The zero-order chi connectivity index (χ0) is 21.4. The molecule has 1 aliphatic heterocycles. The summed E-state index contributed by atoms with van der Waals surface area (Å²) in [5.41, 5.74) is 0.221. The van der Waals surface area contributed by atoms with Crippen molar-refractivity contribution in [1.82, 2.24) is 10.2 Å². The number of carbonyl (C=O) groups is 2. The molecular weight excluding hydrogens is 407 g/mol. The van der Waals surface area contributed by atoms with Crippen LogP contribution >= 0.6 is 11.6 Å². The van der Waals surface area contributed by atoms with Gasteiger partial charge in [0.2, 0.25) is 11.8 Å². The SMILES string of the molecule is N#C[C@@H]1C[C@H](F)CN1C(=O)CNC12CCC(C(=O)Nc3ccc(Cl)cc3)(CC1)CC2. The molecule has 8 heteroatoms. The molecule has 2 N–H and O–H groups in total. The minimum Gasteiger partial charge on any atom is -0.326 e. The number of nitrogens with zero attached hydrogens (tertiary/aromatic N) is 2. The Balaban J connectivity index is 1.32. The Morgan fingerprint density at radius 2 is 1.80 bits per heavy atom. The van der Waals surface area contributed by atoms with Crippen molar-refractivity contribution in [3.05, 3.63) is 29.3 Å². The fraction of sp³-hybridized carbons (Fsp3) is 0.591. The van der Waals surface area contributed by atoms with E-state index in [9.17, 15) is 14.0 Å². The van der Waals surface area contributed by atoms with Crippen LogP contribution in [0.5, 0.6) is 0 Å². The third-order valence-corrected chi connectivity index (χ3v) is 7.42. The summed E-state index contributed by atoms with van der Waals surface area (Å²) in [5.74, 6) is -0.170. The largest absolute Gasteiger partial charge is 0.326 e. The van der Waals surface area contributed by atoms with Crippen LogP contribution in [0.3, 0.4) is 0 Å². The van der Waals surface area contributed by atoms with Crippen molar-refractivity contribution < 1.29 is 14.0 Å². The van der Waals surface area contributed by atoms with Gasteiger partial charge in [0.15, 0.2) is 0 Å². The topological polar surface area (TPSA) is 85.2 Å². The van der Waals surface area contributed by atoms with Gasteiger partial charge in [0.05, 0.1) is 19.2 Å². The Hall–Kier alpha value is -2.17. The zero-order valence-corrected chi connectivity index (χ0v) is 17.6. The first-order chi connectivity index (χ1) is 14.3. The normalized spacial score (nSPS) is 32.6. The molecule has 5 rings (SSSR count). The van der Waals surface area contributed by atoms with Crippen molar-refractivity contribution in [2.24, 2.45) is 5.41 Å². The quantitative estimate of drug-likeness (QED) is 0.746. The molecule has 0 radical (unpaired) electrons. The molecule has 3 aliphatic carbocycles. The third-order valence-electron chi connectivity index (χ3n) is 7.16. The van der Waals surface area contributed by atoms with Crippen molar-refractivity contribution in [3.63, 3.8) is 0 Å². The number of alkyl halides is 1. The van der Waals surface area contributed by atoms with E-state index in [1.54, 1.807) is 24.3 Å². The lowest BCUT2D eigenvalue weighted by Gasteiger charge is -2.52. The highest BCUT2D eigenvalue weighted by molar-refractivity contribution is 6.30. The van der Waals surface area contributed by atoms with Gasteiger partial charge in [-0.1, -0.05) is 11.6 Å². The average molecular weight is 433 g/mol. The predicted molar refractivity (Wildman–Crippen MR) is 112 cm³/mol. The van der Waals surface area contributed by atoms with E-state index in [2.05, 4.69) is 10.6 Å². The fourth-order valence-electron chi connectivity index (χ4n) is 5.14. The van der Waals surface area contributed by atoms with Gasteiger partial charge in [0.25, 0.3) is 0 Å². The zero-order valence-electron chi connectivity index (χ0n) is 16.8. The molecule has 4 fully saturated rings. The summed E-state index contributed by atoms with van der Waals surface area (Å²) < 4.78 is 13.6. The maximum Gasteiger partial charge on any atom is 0.237 e. The van der Waals surface area contributed by atoms with Crippen LogP contribution in [0.25, 0.3) is 0 Å². The maximum absolute atomic E-state index is 13.6. The first-order valence-corrected chi connectivity index (χ1v) is 10.9. The Morgan fingerprint density at radius 1 is 1.17 bits per heavy atom. The Bertz CT molecular complexity index is 844. The highest BCUT2D eigenvalue weighted by atomic mass is 35.5. The second-order valence-corrected chi connectivity index (χ2v) is 9.34. The number of nitriles is 1. The van der Waals surface area contributed by atoms with E-state index in [1.165, 1.54) is 4.90 Å². The van der Waals surface area contributed by atoms with Gasteiger partial charge in [0.1, 0.15) is 12.2 Å². The lowest BCUT2D eigenvalue weighted by molar-refractivity contribution is -0.135. The van der Waals surface area contributed by atoms with Gasteiger partial charge in [-0.15, -0.1) is 0 Å². The number of fused-ring (bicyclic) bond motifs is 3. The Kier molecular flexibility index (Phi) is 5.73. The first-order valence-electron chi connectivity index (χ1n) is 10.5. The molecule has 0 spiro atoms. The lowest BCUT2D eigenvalue weighted by Crippen LogP contribution is -2.59. The van der Waals surface area contributed by atoms with Gasteiger partial charge in [-0.05, 0) is 62.8 Å². The van der Waals surface area contributed by atoms with Crippen LogP contribution in [0, 0.1) is 16.7 Å². The minimum absolute atomic E-state index is 0.000277. The van der Waals surface area contributed by atoms with Gasteiger partial charge in [0, 0.05) is 28.1 Å². The smallest absolute Gasteiger partial charge is 0.237 e. The molecule has 2 bridgehead atoms. The maximum atomic E-state index is 13.6. The highest BCUT2D eigenvalue weighted by Crippen LogP contribution is 2.52. The van der Waals surface area contributed by atoms with Gasteiger partial charge in [-0.2, -0.15) is 5.26 Å². The van der Waals surface area contributed by atoms with E-state index in [4.69, 9.17) is 16.9 Å². The lowest BCUT2D eigenvalue weighted by atomic mass is 9.57. The third kappa shape index (κ3) is 4.03. The Labute approximate surface area is 180 Å². The Morgan fingerprint density at radius 3 is 2.40 bits per heavy atom. The van der Waals surface area contributed by atoms with Gasteiger partial charge in [-0.3, -0.25) is 9.59 Å². The number of halogens is 2. The number of hydrogen-bond acceptors (Lipinski definition) is 4. The highest BCUT2D eigenvalue weighted by Gasteiger charge is 2.52. The standard InChI is InChI=1S/C22H26ClFN4O2/c23-15-1-3-17(4-2-15)27-20(30)21-5-8-22(9-6-21,10-7-21)26-13-19(29)28-14-16(24)11-18(28)12-25/h1-4,16,18,26H,5-11,13-14H2,(H,27,30)/t16-,18-,21?,22?/m0/s1. The number of likely N-dealkylation sites (tertiary alicyclic amines) is 1. The van der Waals surface area contributed by atoms with Crippen LogP contribution in [-0.2, 0) is 9.59 Å². The molecule has 3 saturated carbocycles. The van der Waals surface area contributed by atoms with Crippen molar-refractivity contribution >= 4 is 29.1 Å². The van der Waals surface area contributed by atoms with Gasteiger partial charge < -0.3 is 15.5 Å². The average Bonchev–Trinajstić information content (AvgIpc) is 3.16. The van der Waals surface area contributed by atoms with Crippen LogP contribution in [0.4, 0.5) is 10.1 Å². The van der Waals surface area contributed by atoms with Crippen molar-refractivity contribution in [1.29, 1.82) is 5.26 Å². The van der Waals surface area contributed by atoms with Crippen molar-refractivity contribution in [2.45, 2.75) is 62.7 Å². The molecule has 0 unspecified atom stereocenters. The second kappa shape index (κ2) is 8.16. The van der Waals surface area contributed by atoms with Crippen LogP contribution in [0.15, 0.2) is 24.3 Å². The molecule has 2 amide bonds. The van der Waals surface area contributed by atoms with E-state index in [-0.39, 0.29) is 42.3 Å². The molecule has 4 aliphatic rings. The number of carbonyl (C=O) groups excluding carboxylic acids is 2. The summed E-state index contributed by atoms with van der Waals surface area (Å²) in [4.78, 5) is 26.9. The number of benzene rings is 1. The van der Waals surface area contributed by atoms with E-state index in [1.807, 2.05) is 6.07 Å². The number of nitrogens with one attached hydrogen (secondary N) is 2. The van der Waals surface area contributed by atoms with E-state index in [0.29, 0.717) is 5.02 Å². The summed E-state index contributed by atoms with van der Waals surface area (Å²) in [6.07, 6.45) is 3.74. The molecule has 30 heavy (non-hydrogen) atoms. The second-order valence-electron chi connectivity index (χ2n) is 8.90. The van der Waals surface area contributed by atoms with Crippen molar-refractivity contribution in [2.75, 3.05) is 18.4 Å². The van der Waals surface area contributed by atoms with E-state index >= 15 is 0 Å². The summed E-state index contributed by atoms with van der Waals surface area (Å²) in [6.45, 7) is 0.106. The molecule has 1 aromatic rings. The van der Waals surface area contributed by atoms with E-state index < -0.39 is 12.2 Å². The monoisotopic (exact) mass is 432 g/mol. The molecule has 1 heterocycles.